The van der Waals surface area contributed by atoms with Gasteiger partial charge in [-0.1, -0.05) is 30.3 Å². The summed E-state index contributed by atoms with van der Waals surface area (Å²) in [6, 6.07) is 10.2. The molecule has 2 atom stereocenters. The van der Waals surface area contributed by atoms with Crippen LogP contribution in [-0.2, 0) is 6.54 Å². The van der Waals surface area contributed by atoms with Crippen LogP contribution in [0, 0.1) is 5.92 Å². The minimum absolute atomic E-state index is 0.0492. The Bertz CT molecular complexity index is 317. The molecule has 0 amide bonds. The van der Waals surface area contributed by atoms with E-state index in [0.29, 0.717) is 13.0 Å². The zero-order valence-corrected chi connectivity index (χ0v) is 9.35. The molecule has 2 nitrogen and oxygen atoms in total. The molecule has 88 valence electrons. The molecule has 0 radical (unpaired) electrons. The van der Waals surface area contributed by atoms with Crippen LogP contribution in [0.4, 0.5) is 4.39 Å². The molecule has 1 N–H and O–H groups in total. The molecule has 1 aliphatic heterocycles. The lowest BCUT2D eigenvalue weighted by Crippen LogP contribution is -2.42. The third kappa shape index (κ3) is 2.80. The highest BCUT2D eigenvalue weighted by atomic mass is 19.1. The first-order valence-corrected chi connectivity index (χ1v) is 5.81. The van der Waals surface area contributed by atoms with E-state index in [2.05, 4.69) is 17.0 Å². The van der Waals surface area contributed by atoms with E-state index in [0.717, 1.165) is 13.1 Å². The zero-order valence-electron chi connectivity index (χ0n) is 9.35. The Morgan fingerprint density at radius 1 is 1.31 bits per heavy atom. The van der Waals surface area contributed by atoms with Crippen molar-refractivity contribution in [1.29, 1.82) is 0 Å². The monoisotopic (exact) mass is 223 g/mol. The molecule has 2 rings (SSSR count). The molecule has 1 saturated heterocycles. The van der Waals surface area contributed by atoms with Crippen molar-refractivity contribution >= 4 is 0 Å². The van der Waals surface area contributed by atoms with Crippen LogP contribution in [0.3, 0.4) is 0 Å². The van der Waals surface area contributed by atoms with E-state index in [1.165, 1.54) is 5.56 Å². The standard InChI is InChI=1S/C13H18FNO/c14-13-6-7-15(9-12(13)10-16)8-11-4-2-1-3-5-11/h1-5,12-13,16H,6-10H2/t12-,13-/m1/s1. The lowest BCUT2D eigenvalue weighted by Gasteiger charge is -2.34. The minimum Gasteiger partial charge on any atom is -0.396 e. The summed E-state index contributed by atoms with van der Waals surface area (Å²) in [5, 5.41) is 9.08. The third-order valence-electron chi connectivity index (χ3n) is 3.21. The van der Waals surface area contributed by atoms with E-state index in [1.807, 2.05) is 18.2 Å². The molecule has 0 spiro atoms. The maximum Gasteiger partial charge on any atom is 0.108 e. The highest BCUT2D eigenvalue weighted by molar-refractivity contribution is 5.14. The van der Waals surface area contributed by atoms with Gasteiger partial charge in [-0.05, 0) is 12.0 Å². The minimum atomic E-state index is -0.836. The first-order valence-electron chi connectivity index (χ1n) is 5.81. The van der Waals surface area contributed by atoms with E-state index in [9.17, 15) is 4.39 Å². The Balaban J connectivity index is 1.92. The second kappa shape index (κ2) is 5.41. The highest BCUT2D eigenvalue weighted by Crippen LogP contribution is 2.21. The number of aliphatic hydroxyl groups excluding tert-OH is 1. The predicted molar refractivity (Wildman–Crippen MR) is 61.8 cm³/mol. The van der Waals surface area contributed by atoms with Gasteiger partial charge in [0.1, 0.15) is 6.17 Å². The SMILES string of the molecule is OC[C@H]1CN(Cc2ccccc2)CC[C@H]1F. The van der Waals surface area contributed by atoms with Crippen molar-refractivity contribution in [2.45, 2.75) is 19.1 Å². The van der Waals surface area contributed by atoms with Gasteiger partial charge in [0.05, 0.1) is 0 Å². The Labute approximate surface area is 95.7 Å². The Kier molecular flexibility index (Phi) is 3.91. The summed E-state index contributed by atoms with van der Waals surface area (Å²) in [7, 11) is 0. The molecule has 1 aromatic rings. The molecular formula is C13H18FNO. The second-order valence-corrected chi connectivity index (χ2v) is 4.47. The van der Waals surface area contributed by atoms with E-state index in [1.54, 1.807) is 0 Å². The number of nitrogens with zero attached hydrogens (tertiary/aromatic N) is 1. The molecule has 1 aromatic carbocycles. The largest absolute Gasteiger partial charge is 0.396 e. The zero-order chi connectivity index (χ0) is 11.4. The quantitative estimate of drug-likeness (QED) is 0.845. The molecule has 0 unspecified atom stereocenters. The van der Waals surface area contributed by atoms with Crippen LogP contribution in [-0.4, -0.2) is 35.9 Å². The van der Waals surface area contributed by atoms with E-state index >= 15 is 0 Å². The molecule has 0 saturated carbocycles. The number of alkyl halides is 1. The van der Waals surface area contributed by atoms with Gasteiger partial charge in [0.25, 0.3) is 0 Å². The second-order valence-electron chi connectivity index (χ2n) is 4.47. The van der Waals surface area contributed by atoms with Crippen LogP contribution in [0.5, 0.6) is 0 Å². The van der Waals surface area contributed by atoms with Crippen LogP contribution in [0.25, 0.3) is 0 Å². The van der Waals surface area contributed by atoms with Gasteiger partial charge >= 0.3 is 0 Å². The van der Waals surface area contributed by atoms with Crippen LogP contribution < -0.4 is 0 Å². The molecule has 1 heterocycles. The summed E-state index contributed by atoms with van der Waals surface area (Å²) < 4.78 is 13.4. The fourth-order valence-electron chi connectivity index (χ4n) is 2.24. The number of aliphatic hydroxyl groups is 1. The number of likely N-dealkylation sites (tertiary alicyclic amines) is 1. The molecule has 3 heteroatoms. The first kappa shape index (κ1) is 11.6. The molecular weight excluding hydrogens is 205 g/mol. The Hall–Kier alpha value is -0.930. The molecule has 1 aliphatic rings. The van der Waals surface area contributed by atoms with E-state index < -0.39 is 6.17 Å². The first-order chi connectivity index (χ1) is 7.79. The van der Waals surface area contributed by atoms with Gasteiger partial charge in [-0.15, -0.1) is 0 Å². The smallest absolute Gasteiger partial charge is 0.108 e. The average molecular weight is 223 g/mol. The number of halogens is 1. The number of hydrogen-bond donors (Lipinski definition) is 1. The van der Waals surface area contributed by atoms with Crippen LogP contribution >= 0.6 is 0 Å². The van der Waals surface area contributed by atoms with Gasteiger partial charge in [-0.25, -0.2) is 4.39 Å². The summed E-state index contributed by atoms with van der Waals surface area (Å²) in [5.74, 6) is -0.211. The van der Waals surface area contributed by atoms with Gasteiger partial charge in [0.2, 0.25) is 0 Å². The van der Waals surface area contributed by atoms with Crippen molar-refractivity contribution in [1.82, 2.24) is 4.90 Å². The third-order valence-corrected chi connectivity index (χ3v) is 3.21. The van der Waals surface area contributed by atoms with E-state index in [-0.39, 0.29) is 12.5 Å². The predicted octanol–water partition coefficient (Wildman–Crippen LogP) is 1.84. The lowest BCUT2D eigenvalue weighted by atomic mass is 9.96. The maximum atomic E-state index is 13.4. The average Bonchev–Trinajstić information content (AvgIpc) is 2.33. The summed E-state index contributed by atoms with van der Waals surface area (Å²) in [4.78, 5) is 2.21. The van der Waals surface area contributed by atoms with Gasteiger partial charge in [-0.3, -0.25) is 4.90 Å². The van der Waals surface area contributed by atoms with Crippen molar-refractivity contribution in [3.05, 3.63) is 35.9 Å². The molecule has 1 fully saturated rings. The topological polar surface area (TPSA) is 23.5 Å². The van der Waals surface area contributed by atoms with Crippen molar-refractivity contribution in [3.63, 3.8) is 0 Å². The van der Waals surface area contributed by atoms with E-state index in [4.69, 9.17) is 5.11 Å². The van der Waals surface area contributed by atoms with Crippen LogP contribution in [0.1, 0.15) is 12.0 Å². The molecule has 0 bridgehead atoms. The molecule has 16 heavy (non-hydrogen) atoms. The summed E-state index contributed by atoms with van der Waals surface area (Å²) >= 11 is 0. The van der Waals surface area contributed by atoms with Crippen LogP contribution in [0.2, 0.25) is 0 Å². The number of rotatable bonds is 3. The summed E-state index contributed by atoms with van der Waals surface area (Å²) in [6.45, 7) is 2.25. The number of benzene rings is 1. The fraction of sp³-hybridized carbons (Fsp3) is 0.538. The van der Waals surface area contributed by atoms with Crippen LogP contribution in [0.15, 0.2) is 30.3 Å². The number of piperidine rings is 1. The van der Waals surface area contributed by atoms with Crippen molar-refractivity contribution in [2.75, 3.05) is 19.7 Å². The number of hydrogen-bond acceptors (Lipinski definition) is 2. The Morgan fingerprint density at radius 3 is 2.75 bits per heavy atom. The molecule has 0 aromatic heterocycles. The highest BCUT2D eigenvalue weighted by Gasteiger charge is 2.28. The summed E-state index contributed by atoms with van der Waals surface area (Å²) in [5.41, 5.74) is 1.25. The van der Waals surface area contributed by atoms with Gasteiger partial charge in [0.15, 0.2) is 0 Å². The van der Waals surface area contributed by atoms with Gasteiger partial charge in [0, 0.05) is 32.2 Å². The van der Waals surface area contributed by atoms with Crippen molar-refractivity contribution in [3.8, 4) is 0 Å². The molecule has 0 aliphatic carbocycles. The fourth-order valence-corrected chi connectivity index (χ4v) is 2.24. The van der Waals surface area contributed by atoms with Crippen molar-refractivity contribution in [2.24, 2.45) is 5.92 Å². The lowest BCUT2D eigenvalue weighted by molar-refractivity contribution is 0.0463. The van der Waals surface area contributed by atoms with Gasteiger partial charge < -0.3 is 5.11 Å². The maximum absolute atomic E-state index is 13.4. The Morgan fingerprint density at radius 2 is 2.06 bits per heavy atom. The summed E-state index contributed by atoms with van der Waals surface area (Å²) in [6.07, 6.45) is -0.296. The van der Waals surface area contributed by atoms with Crippen molar-refractivity contribution < 1.29 is 9.50 Å². The van der Waals surface area contributed by atoms with Gasteiger partial charge in [-0.2, -0.15) is 0 Å². The normalized spacial score (nSPS) is 26.9.